The third-order valence-electron chi connectivity index (χ3n) is 6.66. The van der Waals surface area contributed by atoms with Crippen molar-refractivity contribution in [2.45, 2.75) is 32.6 Å². The van der Waals surface area contributed by atoms with Crippen LogP contribution in [0.25, 0.3) is 10.9 Å². The number of ether oxygens (including phenoxy) is 1. The molecule has 3 aromatic rings. The summed E-state index contributed by atoms with van der Waals surface area (Å²) >= 11 is 0. The second kappa shape index (κ2) is 9.56. The molecular formula is C26H33N3O2. The Bertz CT molecular complexity index is 1030. The predicted octanol–water partition coefficient (Wildman–Crippen LogP) is 4.43. The van der Waals surface area contributed by atoms with Crippen LogP contribution in [0.15, 0.2) is 48.7 Å². The lowest BCUT2D eigenvalue weighted by Gasteiger charge is -2.35. The number of nitrogens with one attached hydrogen (secondary N) is 1. The molecule has 164 valence electrons. The first-order chi connectivity index (χ1) is 15.2. The lowest BCUT2D eigenvalue weighted by atomic mass is 9.86. The highest BCUT2D eigenvalue weighted by molar-refractivity contribution is 5.88. The number of carbonyl (C=O) groups is 1. The average Bonchev–Trinajstić information content (AvgIpc) is 3.26. The van der Waals surface area contributed by atoms with E-state index in [0.717, 1.165) is 56.0 Å². The number of methoxy groups -OCH3 is 1. The van der Waals surface area contributed by atoms with Gasteiger partial charge < -0.3 is 19.5 Å². The summed E-state index contributed by atoms with van der Waals surface area (Å²) in [7, 11) is 1.70. The molecular weight excluding hydrogens is 386 g/mol. The van der Waals surface area contributed by atoms with Crippen molar-refractivity contribution >= 4 is 16.8 Å². The molecule has 4 rings (SSSR count). The van der Waals surface area contributed by atoms with E-state index in [0.29, 0.717) is 6.42 Å². The minimum absolute atomic E-state index is 0.0614. The van der Waals surface area contributed by atoms with Gasteiger partial charge in [0.25, 0.3) is 0 Å². The number of rotatable bonds is 7. The number of carbonyl (C=O) groups excluding carboxylic acids is 1. The quantitative estimate of drug-likeness (QED) is 0.617. The number of piperazine rings is 1. The molecule has 1 amide bonds. The lowest BCUT2D eigenvalue weighted by Crippen LogP contribution is -2.48. The molecule has 5 nitrogen and oxygen atoms in total. The monoisotopic (exact) mass is 419 g/mol. The summed E-state index contributed by atoms with van der Waals surface area (Å²) < 4.78 is 5.70. The molecule has 0 radical (unpaired) electrons. The van der Waals surface area contributed by atoms with Gasteiger partial charge in [-0.2, -0.15) is 0 Å². The molecule has 0 saturated carbocycles. The standard InChI is InChI=1S/C26H33N3O2/c1-4-19-9-8-11-21-23(18-27-26(19)21)22(20-10-6-7-12-24(20)31-3)17-25(30)29-15-13-28(5-2)14-16-29/h6-12,18,22,27H,4-5,13-17H2,1-3H3. The van der Waals surface area contributed by atoms with Gasteiger partial charge in [0.15, 0.2) is 0 Å². The molecule has 1 saturated heterocycles. The molecule has 1 aromatic heterocycles. The number of hydrogen-bond donors (Lipinski definition) is 1. The molecule has 0 spiro atoms. The molecule has 5 heteroatoms. The maximum atomic E-state index is 13.4. The normalized spacial score (nSPS) is 15.9. The zero-order chi connectivity index (χ0) is 21.8. The van der Waals surface area contributed by atoms with Crippen molar-refractivity contribution in [3.05, 3.63) is 65.4 Å². The van der Waals surface area contributed by atoms with Crippen molar-refractivity contribution in [1.29, 1.82) is 0 Å². The van der Waals surface area contributed by atoms with Gasteiger partial charge in [0, 0.05) is 61.2 Å². The zero-order valence-corrected chi connectivity index (χ0v) is 18.9. The van der Waals surface area contributed by atoms with Gasteiger partial charge in [0.2, 0.25) is 5.91 Å². The second-order valence-electron chi connectivity index (χ2n) is 8.25. The summed E-state index contributed by atoms with van der Waals surface area (Å²) in [5, 5.41) is 1.19. The van der Waals surface area contributed by atoms with Crippen LogP contribution in [0.2, 0.25) is 0 Å². The topological polar surface area (TPSA) is 48.6 Å². The van der Waals surface area contributed by atoms with Crippen LogP contribution in [0.5, 0.6) is 5.75 Å². The number of likely N-dealkylation sites (N-methyl/N-ethyl adjacent to an activating group) is 1. The van der Waals surface area contributed by atoms with Crippen LogP contribution in [-0.2, 0) is 11.2 Å². The average molecular weight is 420 g/mol. The maximum Gasteiger partial charge on any atom is 0.223 e. The number of para-hydroxylation sites is 2. The number of amides is 1. The Kier molecular flexibility index (Phi) is 6.62. The minimum atomic E-state index is -0.0614. The summed E-state index contributed by atoms with van der Waals surface area (Å²) in [4.78, 5) is 21.3. The molecule has 0 aliphatic carbocycles. The lowest BCUT2D eigenvalue weighted by molar-refractivity contribution is -0.133. The fourth-order valence-electron chi connectivity index (χ4n) is 4.78. The molecule has 1 N–H and O–H groups in total. The van der Waals surface area contributed by atoms with Crippen LogP contribution in [0.1, 0.15) is 42.9 Å². The number of nitrogens with zero attached hydrogens (tertiary/aromatic N) is 2. The van der Waals surface area contributed by atoms with E-state index in [2.05, 4.69) is 54.2 Å². The van der Waals surface area contributed by atoms with Gasteiger partial charge in [-0.15, -0.1) is 0 Å². The van der Waals surface area contributed by atoms with Gasteiger partial charge in [-0.05, 0) is 30.2 Å². The third-order valence-corrected chi connectivity index (χ3v) is 6.66. The second-order valence-corrected chi connectivity index (χ2v) is 8.25. The summed E-state index contributed by atoms with van der Waals surface area (Å²) in [5.41, 5.74) is 4.69. The summed E-state index contributed by atoms with van der Waals surface area (Å²) in [6, 6.07) is 14.5. The number of aryl methyl sites for hydroxylation is 1. The SMILES string of the molecule is CCc1cccc2c(C(CC(=O)N3CCN(CC)CC3)c3ccccc3OC)c[nH]c12. The molecule has 1 atom stereocenters. The third kappa shape index (κ3) is 4.33. The molecule has 2 aromatic carbocycles. The molecule has 1 fully saturated rings. The van der Waals surface area contributed by atoms with E-state index in [-0.39, 0.29) is 11.8 Å². The van der Waals surface area contributed by atoms with Gasteiger partial charge in [-0.25, -0.2) is 0 Å². The van der Waals surface area contributed by atoms with E-state index in [9.17, 15) is 4.79 Å². The Balaban J connectivity index is 1.70. The minimum Gasteiger partial charge on any atom is -0.496 e. The zero-order valence-electron chi connectivity index (χ0n) is 18.9. The number of fused-ring (bicyclic) bond motifs is 1. The summed E-state index contributed by atoms with van der Waals surface area (Å²) in [6.07, 6.45) is 3.50. The fraction of sp³-hybridized carbons (Fsp3) is 0.423. The summed E-state index contributed by atoms with van der Waals surface area (Å²) in [5.74, 6) is 0.985. The molecule has 31 heavy (non-hydrogen) atoms. The Morgan fingerprint density at radius 1 is 1.03 bits per heavy atom. The number of aromatic nitrogens is 1. The highest BCUT2D eigenvalue weighted by Crippen LogP contribution is 2.38. The van der Waals surface area contributed by atoms with Crippen LogP contribution in [-0.4, -0.2) is 60.5 Å². The van der Waals surface area contributed by atoms with Crippen molar-refractivity contribution in [3.63, 3.8) is 0 Å². The first-order valence-corrected chi connectivity index (χ1v) is 11.4. The van der Waals surface area contributed by atoms with Crippen molar-refractivity contribution in [3.8, 4) is 5.75 Å². The number of aromatic amines is 1. The Morgan fingerprint density at radius 3 is 2.52 bits per heavy atom. The Labute approximate surface area is 185 Å². The smallest absolute Gasteiger partial charge is 0.223 e. The van der Waals surface area contributed by atoms with Gasteiger partial charge >= 0.3 is 0 Å². The van der Waals surface area contributed by atoms with Crippen molar-refractivity contribution < 1.29 is 9.53 Å². The van der Waals surface area contributed by atoms with E-state index >= 15 is 0 Å². The van der Waals surface area contributed by atoms with Crippen LogP contribution < -0.4 is 4.74 Å². The number of hydrogen-bond acceptors (Lipinski definition) is 3. The molecule has 1 aliphatic rings. The first kappa shape index (κ1) is 21.4. The van der Waals surface area contributed by atoms with Crippen molar-refractivity contribution in [2.75, 3.05) is 39.8 Å². The van der Waals surface area contributed by atoms with Gasteiger partial charge in [-0.1, -0.05) is 50.2 Å². The number of H-pyrrole nitrogens is 1. The highest BCUT2D eigenvalue weighted by Gasteiger charge is 2.28. The molecule has 1 unspecified atom stereocenters. The van der Waals surface area contributed by atoms with E-state index in [4.69, 9.17) is 4.74 Å². The van der Waals surface area contributed by atoms with Gasteiger partial charge in [0.1, 0.15) is 5.75 Å². The Morgan fingerprint density at radius 2 is 1.81 bits per heavy atom. The molecule has 1 aliphatic heterocycles. The number of benzene rings is 2. The van der Waals surface area contributed by atoms with E-state index in [1.165, 1.54) is 16.5 Å². The van der Waals surface area contributed by atoms with E-state index < -0.39 is 0 Å². The molecule has 2 heterocycles. The van der Waals surface area contributed by atoms with Crippen LogP contribution in [0.3, 0.4) is 0 Å². The summed E-state index contributed by atoms with van der Waals surface area (Å²) in [6.45, 7) is 8.91. The van der Waals surface area contributed by atoms with Crippen LogP contribution >= 0.6 is 0 Å². The van der Waals surface area contributed by atoms with Gasteiger partial charge in [0.05, 0.1) is 7.11 Å². The Hall–Kier alpha value is -2.79. The highest BCUT2D eigenvalue weighted by atomic mass is 16.5. The van der Waals surface area contributed by atoms with Crippen LogP contribution in [0, 0.1) is 0 Å². The van der Waals surface area contributed by atoms with Crippen molar-refractivity contribution in [2.24, 2.45) is 0 Å². The van der Waals surface area contributed by atoms with Crippen molar-refractivity contribution in [1.82, 2.24) is 14.8 Å². The maximum absolute atomic E-state index is 13.4. The first-order valence-electron chi connectivity index (χ1n) is 11.4. The van der Waals surface area contributed by atoms with Crippen LogP contribution in [0.4, 0.5) is 0 Å². The molecule has 0 bridgehead atoms. The van der Waals surface area contributed by atoms with E-state index in [1.54, 1.807) is 7.11 Å². The van der Waals surface area contributed by atoms with Gasteiger partial charge in [-0.3, -0.25) is 4.79 Å². The predicted molar refractivity (Wildman–Crippen MR) is 126 cm³/mol. The largest absolute Gasteiger partial charge is 0.496 e. The van der Waals surface area contributed by atoms with E-state index in [1.807, 2.05) is 23.1 Å². The fourth-order valence-corrected chi connectivity index (χ4v) is 4.78.